The lowest BCUT2D eigenvalue weighted by molar-refractivity contribution is 0.367. The van der Waals surface area contributed by atoms with Crippen LogP contribution >= 0.6 is 0 Å². The van der Waals surface area contributed by atoms with Crippen molar-refractivity contribution >= 4 is 10.2 Å². The highest BCUT2D eigenvalue weighted by Crippen LogP contribution is 2.15. The first-order valence-corrected chi connectivity index (χ1v) is 7.19. The zero-order chi connectivity index (χ0) is 14.3. The lowest BCUT2D eigenvalue weighted by Crippen LogP contribution is -2.35. The second kappa shape index (κ2) is 7.14. The average Bonchev–Trinajstić information content (AvgIpc) is 2.35. The normalized spacial score (nSPS) is 10.9. The number of hydrogen-bond acceptors (Lipinski definition) is 3. The molecule has 1 N–H and O–H groups in total. The first kappa shape index (κ1) is 15.5. The van der Waals surface area contributed by atoms with E-state index < -0.39 is 10.2 Å². The maximum Gasteiger partial charge on any atom is 0.279 e. The van der Waals surface area contributed by atoms with E-state index in [9.17, 15) is 8.42 Å². The van der Waals surface area contributed by atoms with Crippen LogP contribution in [0, 0.1) is 18.8 Å². The van der Waals surface area contributed by atoms with E-state index in [1.165, 1.54) is 14.1 Å². The maximum atomic E-state index is 11.3. The summed E-state index contributed by atoms with van der Waals surface area (Å²) in [7, 11) is -0.493. The summed E-state index contributed by atoms with van der Waals surface area (Å²) < 4.78 is 31.6. The Balaban J connectivity index is 2.36. The third-order valence-corrected chi connectivity index (χ3v) is 3.81. The van der Waals surface area contributed by atoms with Crippen molar-refractivity contribution in [2.45, 2.75) is 6.92 Å². The summed E-state index contributed by atoms with van der Waals surface area (Å²) in [5.74, 6) is 6.23. The Morgan fingerprint density at radius 3 is 2.58 bits per heavy atom. The highest BCUT2D eigenvalue weighted by Gasteiger charge is 2.10. The molecule has 0 bridgehead atoms. The smallest absolute Gasteiger partial charge is 0.279 e. The Morgan fingerprint density at radius 1 is 1.26 bits per heavy atom. The molecule has 19 heavy (non-hydrogen) atoms. The van der Waals surface area contributed by atoms with E-state index in [0.29, 0.717) is 0 Å². The van der Waals surface area contributed by atoms with Crippen LogP contribution in [0.1, 0.15) is 5.56 Å². The van der Waals surface area contributed by atoms with Crippen LogP contribution in [0.25, 0.3) is 0 Å². The van der Waals surface area contributed by atoms with Gasteiger partial charge in [0.2, 0.25) is 0 Å². The van der Waals surface area contributed by atoms with Crippen molar-refractivity contribution < 1.29 is 13.2 Å². The van der Waals surface area contributed by atoms with Crippen molar-refractivity contribution in [2.75, 3.05) is 27.2 Å². The molecule has 6 heteroatoms. The Kier molecular flexibility index (Phi) is 5.83. The Hall–Kier alpha value is -1.55. The van der Waals surface area contributed by atoms with Crippen LogP contribution in [0.5, 0.6) is 5.75 Å². The van der Waals surface area contributed by atoms with Gasteiger partial charge in [-0.2, -0.15) is 17.4 Å². The van der Waals surface area contributed by atoms with Gasteiger partial charge in [0.25, 0.3) is 10.2 Å². The first-order chi connectivity index (χ1) is 8.93. The molecular formula is C13H18N2O3S. The van der Waals surface area contributed by atoms with Crippen LogP contribution in [-0.2, 0) is 10.2 Å². The molecule has 0 fully saturated rings. The number of ether oxygens (including phenoxy) is 1. The van der Waals surface area contributed by atoms with E-state index in [1.807, 2.05) is 31.2 Å². The van der Waals surface area contributed by atoms with Crippen LogP contribution < -0.4 is 9.46 Å². The summed E-state index contributed by atoms with van der Waals surface area (Å²) >= 11 is 0. The number of para-hydroxylation sites is 1. The minimum Gasteiger partial charge on any atom is -0.481 e. The molecule has 1 aromatic carbocycles. The van der Waals surface area contributed by atoms with Crippen LogP contribution in [-0.4, -0.2) is 40.0 Å². The summed E-state index contributed by atoms with van der Waals surface area (Å²) in [5.41, 5.74) is 1.04. The summed E-state index contributed by atoms with van der Waals surface area (Å²) in [6.45, 7) is 2.25. The van der Waals surface area contributed by atoms with E-state index in [0.717, 1.165) is 15.6 Å². The zero-order valence-electron chi connectivity index (χ0n) is 11.3. The van der Waals surface area contributed by atoms with Crippen molar-refractivity contribution in [1.29, 1.82) is 0 Å². The number of aryl methyl sites for hydroxylation is 1. The zero-order valence-corrected chi connectivity index (χ0v) is 12.1. The van der Waals surface area contributed by atoms with Gasteiger partial charge in [0, 0.05) is 14.1 Å². The quantitative estimate of drug-likeness (QED) is 0.812. The summed E-state index contributed by atoms with van der Waals surface area (Å²) in [6, 6.07) is 7.64. The van der Waals surface area contributed by atoms with E-state index in [1.54, 1.807) is 0 Å². The van der Waals surface area contributed by atoms with Crippen molar-refractivity contribution in [2.24, 2.45) is 0 Å². The summed E-state index contributed by atoms with van der Waals surface area (Å²) in [6.07, 6.45) is 0. The van der Waals surface area contributed by atoms with Gasteiger partial charge in [-0.15, -0.1) is 0 Å². The van der Waals surface area contributed by atoms with E-state index in [4.69, 9.17) is 4.74 Å². The monoisotopic (exact) mass is 282 g/mol. The molecule has 0 aromatic heterocycles. The molecule has 104 valence electrons. The number of nitrogens with zero attached hydrogens (tertiary/aromatic N) is 1. The molecule has 0 aliphatic carbocycles. The largest absolute Gasteiger partial charge is 0.481 e. The average molecular weight is 282 g/mol. The van der Waals surface area contributed by atoms with Gasteiger partial charge >= 0.3 is 0 Å². The number of nitrogens with one attached hydrogen (secondary N) is 1. The van der Waals surface area contributed by atoms with Gasteiger partial charge in [0.15, 0.2) is 0 Å². The van der Waals surface area contributed by atoms with Gasteiger partial charge in [-0.1, -0.05) is 30.0 Å². The standard InChI is InChI=1S/C13H18N2O3S/c1-12-8-4-5-9-13(12)18-11-7-6-10-14-19(16,17)15(2)3/h4-5,8-9,14H,10-11H2,1-3H3. The lowest BCUT2D eigenvalue weighted by atomic mass is 10.2. The third kappa shape index (κ3) is 5.30. The second-order valence-electron chi connectivity index (χ2n) is 4.02. The molecule has 0 unspecified atom stereocenters. The van der Waals surface area contributed by atoms with E-state index in [2.05, 4.69) is 16.6 Å². The Labute approximate surface area is 114 Å². The van der Waals surface area contributed by atoms with Gasteiger partial charge in [-0.05, 0) is 18.6 Å². The predicted octanol–water partition coefficient (Wildman–Crippen LogP) is 0.773. The molecule has 1 aromatic rings. The fourth-order valence-electron chi connectivity index (χ4n) is 1.20. The Bertz CT molecular complexity index is 571. The molecule has 0 spiro atoms. The van der Waals surface area contributed by atoms with Gasteiger partial charge < -0.3 is 4.74 Å². The Morgan fingerprint density at radius 2 is 1.95 bits per heavy atom. The molecule has 0 saturated heterocycles. The van der Waals surface area contributed by atoms with Crippen LogP contribution in [0.2, 0.25) is 0 Å². The topological polar surface area (TPSA) is 58.6 Å². The number of hydrogen-bond donors (Lipinski definition) is 1. The molecule has 0 atom stereocenters. The molecule has 1 rings (SSSR count). The molecule has 0 amide bonds. The highest BCUT2D eigenvalue weighted by atomic mass is 32.2. The molecule has 0 aliphatic rings. The lowest BCUT2D eigenvalue weighted by Gasteiger charge is -2.09. The van der Waals surface area contributed by atoms with Crippen molar-refractivity contribution in [1.82, 2.24) is 9.03 Å². The van der Waals surface area contributed by atoms with Crippen LogP contribution in [0.4, 0.5) is 0 Å². The second-order valence-corrected chi connectivity index (χ2v) is 5.99. The first-order valence-electron chi connectivity index (χ1n) is 5.75. The van der Waals surface area contributed by atoms with Gasteiger partial charge in [0.05, 0.1) is 6.54 Å². The molecule has 0 saturated carbocycles. The van der Waals surface area contributed by atoms with E-state index in [-0.39, 0.29) is 13.2 Å². The van der Waals surface area contributed by atoms with Gasteiger partial charge in [-0.3, -0.25) is 0 Å². The van der Waals surface area contributed by atoms with E-state index >= 15 is 0 Å². The molecule has 0 heterocycles. The minimum absolute atomic E-state index is 0.0671. The number of rotatable bonds is 5. The van der Waals surface area contributed by atoms with Gasteiger partial charge in [-0.25, -0.2) is 0 Å². The van der Waals surface area contributed by atoms with Gasteiger partial charge in [0.1, 0.15) is 12.4 Å². The van der Waals surface area contributed by atoms with Crippen LogP contribution in [0.3, 0.4) is 0 Å². The highest BCUT2D eigenvalue weighted by molar-refractivity contribution is 7.87. The van der Waals surface area contributed by atoms with Crippen molar-refractivity contribution in [3.8, 4) is 17.6 Å². The fraction of sp³-hybridized carbons (Fsp3) is 0.385. The minimum atomic E-state index is -3.40. The number of benzene rings is 1. The van der Waals surface area contributed by atoms with Crippen molar-refractivity contribution in [3.63, 3.8) is 0 Å². The molecular weight excluding hydrogens is 264 g/mol. The molecule has 0 radical (unpaired) electrons. The maximum absolute atomic E-state index is 11.3. The summed E-state index contributed by atoms with van der Waals surface area (Å²) in [5, 5.41) is 0. The SMILES string of the molecule is Cc1ccccc1OCC#CCNS(=O)(=O)N(C)C. The molecule has 5 nitrogen and oxygen atoms in total. The third-order valence-electron chi connectivity index (χ3n) is 2.34. The van der Waals surface area contributed by atoms with Crippen molar-refractivity contribution in [3.05, 3.63) is 29.8 Å². The predicted molar refractivity (Wildman–Crippen MR) is 75.1 cm³/mol. The fourth-order valence-corrected chi connectivity index (χ4v) is 1.71. The summed E-state index contributed by atoms with van der Waals surface area (Å²) in [4.78, 5) is 0. The molecule has 0 aliphatic heterocycles. The van der Waals surface area contributed by atoms with Crippen LogP contribution in [0.15, 0.2) is 24.3 Å².